The van der Waals surface area contributed by atoms with Gasteiger partial charge in [-0.25, -0.2) is 4.98 Å². The molecule has 3 nitrogen and oxygen atoms in total. The fraction of sp³-hybridized carbons (Fsp3) is 0.0769. The molecule has 17 heavy (non-hydrogen) atoms. The molecule has 0 unspecified atom stereocenters. The molecule has 0 radical (unpaired) electrons. The van der Waals surface area contributed by atoms with Gasteiger partial charge in [0, 0.05) is 11.6 Å². The Balaban J connectivity index is 2.08. The van der Waals surface area contributed by atoms with E-state index in [4.69, 9.17) is 16.9 Å². The number of halogens is 1. The van der Waals surface area contributed by atoms with Crippen LogP contribution in [0.4, 0.5) is 5.82 Å². The van der Waals surface area contributed by atoms with Gasteiger partial charge in [0.25, 0.3) is 0 Å². The monoisotopic (exact) mass is 243 g/mol. The Morgan fingerprint density at radius 3 is 2.76 bits per heavy atom. The van der Waals surface area contributed by atoms with Crippen LogP contribution in [-0.4, -0.2) is 4.98 Å². The quantitative estimate of drug-likeness (QED) is 0.901. The second kappa shape index (κ2) is 5.33. The molecule has 2 aromatic rings. The van der Waals surface area contributed by atoms with Crippen molar-refractivity contribution in [1.29, 1.82) is 5.26 Å². The van der Waals surface area contributed by atoms with E-state index in [1.807, 2.05) is 36.4 Å². The molecule has 0 saturated heterocycles. The molecule has 4 heteroatoms. The molecule has 2 rings (SSSR count). The van der Waals surface area contributed by atoms with Gasteiger partial charge in [-0.15, -0.1) is 0 Å². The molecular formula is C13H10ClN3. The SMILES string of the molecule is N#Cc1cccc(NCc2ccccc2Cl)n1. The van der Waals surface area contributed by atoms with E-state index in [0.29, 0.717) is 18.1 Å². The van der Waals surface area contributed by atoms with Crippen molar-refractivity contribution in [3.05, 3.63) is 58.7 Å². The molecule has 0 aliphatic rings. The Kier molecular flexibility index (Phi) is 3.59. The van der Waals surface area contributed by atoms with Gasteiger partial charge in [-0.1, -0.05) is 35.9 Å². The molecular weight excluding hydrogens is 234 g/mol. The third-order valence-electron chi connectivity index (χ3n) is 2.28. The number of hydrogen-bond donors (Lipinski definition) is 1. The fourth-order valence-electron chi connectivity index (χ4n) is 1.42. The summed E-state index contributed by atoms with van der Waals surface area (Å²) < 4.78 is 0. The molecule has 0 spiro atoms. The zero-order chi connectivity index (χ0) is 12.1. The number of aromatic nitrogens is 1. The van der Waals surface area contributed by atoms with Gasteiger partial charge in [-0.3, -0.25) is 0 Å². The minimum Gasteiger partial charge on any atom is -0.366 e. The Labute approximate surface area is 105 Å². The number of nitriles is 1. The van der Waals surface area contributed by atoms with E-state index in [2.05, 4.69) is 10.3 Å². The van der Waals surface area contributed by atoms with E-state index in [9.17, 15) is 0 Å². The van der Waals surface area contributed by atoms with E-state index < -0.39 is 0 Å². The smallest absolute Gasteiger partial charge is 0.142 e. The van der Waals surface area contributed by atoms with E-state index >= 15 is 0 Å². The highest BCUT2D eigenvalue weighted by Crippen LogP contribution is 2.16. The molecule has 0 atom stereocenters. The Morgan fingerprint density at radius 2 is 2.00 bits per heavy atom. The van der Waals surface area contributed by atoms with Crippen LogP contribution in [0.25, 0.3) is 0 Å². The highest BCUT2D eigenvalue weighted by Gasteiger charge is 2.00. The van der Waals surface area contributed by atoms with Gasteiger partial charge in [0.1, 0.15) is 17.6 Å². The number of benzene rings is 1. The largest absolute Gasteiger partial charge is 0.366 e. The van der Waals surface area contributed by atoms with Crippen molar-refractivity contribution in [3.63, 3.8) is 0 Å². The zero-order valence-corrected chi connectivity index (χ0v) is 9.78. The maximum Gasteiger partial charge on any atom is 0.142 e. The summed E-state index contributed by atoms with van der Waals surface area (Å²) in [4.78, 5) is 4.12. The molecule has 1 aromatic heterocycles. The molecule has 1 N–H and O–H groups in total. The normalized spacial score (nSPS) is 9.65. The van der Waals surface area contributed by atoms with E-state index in [1.54, 1.807) is 12.1 Å². The predicted octanol–water partition coefficient (Wildman–Crippen LogP) is 3.22. The first-order valence-electron chi connectivity index (χ1n) is 5.14. The highest BCUT2D eigenvalue weighted by atomic mass is 35.5. The molecule has 1 aromatic carbocycles. The minimum atomic E-state index is 0.397. The fourth-order valence-corrected chi connectivity index (χ4v) is 1.63. The summed E-state index contributed by atoms with van der Waals surface area (Å²) in [6.07, 6.45) is 0. The van der Waals surface area contributed by atoms with Crippen LogP contribution >= 0.6 is 11.6 Å². The second-order valence-corrected chi connectivity index (χ2v) is 3.87. The van der Waals surface area contributed by atoms with Crippen LogP contribution in [0, 0.1) is 11.3 Å². The lowest BCUT2D eigenvalue weighted by Crippen LogP contribution is -2.02. The first kappa shape index (κ1) is 11.4. The number of rotatable bonds is 3. The summed E-state index contributed by atoms with van der Waals surface area (Å²) in [5.41, 5.74) is 1.40. The lowest BCUT2D eigenvalue weighted by Gasteiger charge is -2.07. The Bertz CT molecular complexity index is 561. The molecule has 0 amide bonds. The van der Waals surface area contributed by atoms with Crippen molar-refractivity contribution < 1.29 is 0 Å². The van der Waals surface area contributed by atoms with Crippen molar-refractivity contribution >= 4 is 17.4 Å². The van der Waals surface area contributed by atoms with Crippen molar-refractivity contribution in [2.24, 2.45) is 0 Å². The van der Waals surface area contributed by atoms with Crippen LogP contribution in [0.15, 0.2) is 42.5 Å². The van der Waals surface area contributed by atoms with Crippen molar-refractivity contribution in [1.82, 2.24) is 4.98 Å². The number of pyridine rings is 1. The van der Waals surface area contributed by atoms with Gasteiger partial charge in [-0.2, -0.15) is 5.26 Å². The van der Waals surface area contributed by atoms with Crippen LogP contribution in [0.3, 0.4) is 0 Å². The van der Waals surface area contributed by atoms with Crippen LogP contribution in [0.5, 0.6) is 0 Å². The first-order chi connectivity index (χ1) is 8.29. The van der Waals surface area contributed by atoms with Gasteiger partial charge < -0.3 is 5.32 Å². The van der Waals surface area contributed by atoms with Crippen LogP contribution in [0.1, 0.15) is 11.3 Å². The number of nitrogens with one attached hydrogen (secondary N) is 1. The number of hydrogen-bond acceptors (Lipinski definition) is 3. The topological polar surface area (TPSA) is 48.7 Å². The third kappa shape index (κ3) is 2.96. The molecule has 0 aliphatic carbocycles. The molecule has 0 saturated carbocycles. The molecule has 0 fully saturated rings. The van der Waals surface area contributed by atoms with Gasteiger partial charge in [-0.05, 0) is 23.8 Å². The van der Waals surface area contributed by atoms with E-state index in [1.165, 1.54) is 0 Å². The average molecular weight is 244 g/mol. The predicted molar refractivity (Wildman–Crippen MR) is 67.7 cm³/mol. The second-order valence-electron chi connectivity index (χ2n) is 3.46. The van der Waals surface area contributed by atoms with Crippen LogP contribution in [-0.2, 0) is 6.54 Å². The van der Waals surface area contributed by atoms with Gasteiger partial charge >= 0.3 is 0 Å². The molecule has 84 valence electrons. The van der Waals surface area contributed by atoms with Gasteiger partial charge in [0.2, 0.25) is 0 Å². The first-order valence-corrected chi connectivity index (χ1v) is 5.52. The minimum absolute atomic E-state index is 0.397. The number of anilines is 1. The van der Waals surface area contributed by atoms with E-state index in [-0.39, 0.29) is 0 Å². The average Bonchev–Trinajstić information content (AvgIpc) is 2.38. The Morgan fingerprint density at radius 1 is 1.18 bits per heavy atom. The van der Waals surface area contributed by atoms with Crippen LogP contribution in [0.2, 0.25) is 5.02 Å². The third-order valence-corrected chi connectivity index (χ3v) is 2.65. The van der Waals surface area contributed by atoms with Crippen molar-refractivity contribution in [3.8, 4) is 6.07 Å². The van der Waals surface area contributed by atoms with E-state index in [0.717, 1.165) is 10.6 Å². The summed E-state index contributed by atoms with van der Waals surface area (Å²) in [6.45, 7) is 0.585. The summed E-state index contributed by atoms with van der Waals surface area (Å²) in [6, 6.07) is 14.9. The van der Waals surface area contributed by atoms with Crippen LogP contribution < -0.4 is 5.32 Å². The summed E-state index contributed by atoms with van der Waals surface area (Å²) in [5.74, 6) is 0.670. The summed E-state index contributed by atoms with van der Waals surface area (Å²) >= 11 is 6.04. The molecule has 0 bridgehead atoms. The zero-order valence-electron chi connectivity index (χ0n) is 9.02. The molecule has 1 heterocycles. The maximum absolute atomic E-state index is 8.73. The maximum atomic E-state index is 8.73. The highest BCUT2D eigenvalue weighted by molar-refractivity contribution is 6.31. The lowest BCUT2D eigenvalue weighted by atomic mass is 10.2. The van der Waals surface area contributed by atoms with Crippen molar-refractivity contribution in [2.75, 3.05) is 5.32 Å². The lowest BCUT2D eigenvalue weighted by molar-refractivity contribution is 1.10. The molecule has 0 aliphatic heterocycles. The summed E-state index contributed by atoms with van der Waals surface area (Å²) in [5, 5.41) is 12.6. The Hall–Kier alpha value is -2.05. The van der Waals surface area contributed by atoms with Gasteiger partial charge in [0.15, 0.2) is 0 Å². The standard InChI is InChI=1S/C13H10ClN3/c14-12-6-2-1-4-10(12)9-16-13-7-3-5-11(8-15)17-13/h1-7H,9H2,(H,16,17). The van der Waals surface area contributed by atoms with Gasteiger partial charge in [0.05, 0.1) is 0 Å². The number of nitrogens with zero attached hydrogens (tertiary/aromatic N) is 2. The van der Waals surface area contributed by atoms with Crippen molar-refractivity contribution in [2.45, 2.75) is 6.54 Å². The summed E-state index contributed by atoms with van der Waals surface area (Å²) in [7, 11) is 0.